The van der Waals surface area contributed by atoms with Crippen LogP contribution in [0.2, 0.25) is 10.0 Å². The third-order valence-corrected chi connectivity index (χ3v) is 6.68. The van der Waals surface area contributed by atoms with Crippen molar-refractivity contribution >= 4 is 40.6 Å². The van der Waals surface area contributed by atoms with Crippen molar-refractivity contribution in [1.29, 1.82) is 0 Å². The van der Waals surface area contributed by atoms with Crippen LogP contribution < -0.4 is 14.5 Å². The molecule has 1 aliphatic carbocycles. The molecule has 3 aromatic rings. The first kappa shape index (κ1) is 22.9. The Morgan fingerprint density at radius 3 is 2.09 bits per heavy atom. The van der Waals surface area contributed by atoms with E-state index in [1.165, 1.54) is 23.1 Å². The number of carbonyl (C=O) groups is 1. The van der Waals surface area contributed by atoms with Crippen molar-refractivity contribution in [3.8, 4) is 5.75 Å². The van der Waals surface area contributed by atoms with Gasteiger partial charge in [-0.3, -0.25) is 9.80 Å². The Labute approximate surface area is 205 Å². The van der Waals surface area contributed by atoms with Crippen molar-refractivity contribution in [2.75, 3.05) is 9.80 Å². The predicted octanol–water partition coefficient (Wildman–Crippen LogP) is 6.67. The maximum atomic E-state index is 13.9. The average molecular weight is 505 g/mol. The van der Waals surface area contributed by atoms with E-state index in [1.807, 2.05) is 0 Å². The number of benzene rings is 3. The summed E-state index contributed by atoms with van der Waals surface area (Å²) in [6, 6.07) is 18.0. The molecule has 0 bridgehead atoms. The third-order valence-electron chi connectivity index (χ3n) is 6.17. The zero-order valence-electron chi connectivity index (χ0n) is 17.7. The van der Waals surface area contributed by atoms with Gasteiger partial charge in [-0.25, -0.2) is 4.79 Å². The molecule has 0 radical (unpaired) electrons. The van der Waals surface area contributed by atoms with Crippen LogP contribution in [0.4, 0.5) is 25.0 Å². The first-order chi connectivity index (χ1) is 16.3. The van der Waals surface area contributed by atoms with Gasteiger partial charge in [-0.05, 0) is 79.4 Å². The molecule has 1 heterocycles. The summed E-state index contributed by atoms with van der Waals surface area (Å²) in [6.07, 6.45) is 1.62. The van der Waals surface area contributed by atoms with Gasteiger partial charge in [0.1, 0.15) is 5.75 Å². The Morgan fingerprint density at radius 2 is 1.53 bits per heavy atom. The quantitative estimate of drug-likeness (QED) is 0.408. The summed E-state index contributed by atoms with van der Waals surface area (Å²) >= 11 is 12.1. The minimum atomic E-state index is -3.02. The highest BCUT2D eigenvalue weighted by Crippen LogP contribution is 2.53. The summed E-state index contributed by atoms with van der Waals surface area (Å²) in [6.45, 7) is -3.02. The molecule has 2 amide bonds. The molecule has 1 saturated heterocycles. The van der Waals surface area contributed by atoms with Gasteiger partial charge < -0.3 is 9.84 Å². The Balaban J connectivity index is 1.70. The molecule has 1 unspecified atom stereocenters. The van der Waals surface area contributed by atoms with Gasteiger partial charge in [0.15, 0.2) is 5.72 Å². The number of nitrogens with zero attached hydrogens (tertiary/aromatic N) is 2. The second-order valence-corrected chi connectivity index (χ2v) is 9.23. The summed E-state index contributed by atoms with van der Waals surface area (Å²) in [5, 5.41) is 13.4. The maximum Gasteiger partial charge on any atom is 0.387 e. The van der Waals surface area contributed by atoms with Crippen molar-refractivity contribution in [3.63, 3.8) is 0 Å². The van der Waals surface area contributed by atoms with Gasteiger partial charge in [-0.15, -0.1) is 0 Å². The number of hydrogen-bond donors (Lipinski definition) is 1. The number of aliphatic hydroxyl groups is 1. The second-order valence-electron chi connectivity index (χ2n) is 8.36. The lowest BCUT2D eigenvalue weighted by atomic mass is 9.90. The van der Waals surface area contributed by atoms with Crippen LogP contribution in [0.15, 0.2) is 72.8 Å². The van der Waals surface area contributed by atoms with Crippen LogP contribution in [-0.4, -0.2) is 23.8 Å². The molecule has 9 heteroatoms. The number of anilines is 2. The van der Waals surface area contributed by atoms with Crippen LogP contribution in [0, 0.1) is 5.92 Å². The van der Waals surface area contributed by atoms with E-state index < -0.39 is 24.4 Å². The fourth-order valence-corrected chi connectivity index (χ4v) is 4.86. The van der Waals surface area contributed by atoms with E-state index >= 15 is 0 Å². The van der Waals surface area contributed by atoms with Gasteiger partial charge >= 0.3 is 12.6 Å². The number of hydrogen-bond acceptors (Lipinski definition) is 3. The fraction of sp³-hybridized carbons (Fsp3) is 0.240. The Bertz CT molecular complexity index is 1210. The first-order valence-electron chi connectivity index (χ1n) is 10.7. The predicted molar refractivity (Wildman–Crippen MR) is 127 cm³/mol. The lowest BCUT2D eigenvalue weighted by Gasteiger charge is -2.37. The number of alkyl halides is 2. The molecule has 2 fully saturated rings. The highest BCUT2D eigenvalue weighted by molar-refractivity contribution is 6.31. The van der Waals surface area contributed by atoms with Crippen LogP contribution in [0.5, 0.6) is 5.75 Å². The molecule has 5 rings (SSSR count). The van der Waals surface area contributed by atoms with Gasteiger partial charge in [-0.1, -0.05) is 35.3 Å². The van der Waals surface area contributed by atoms with Gasteiger partial charge in [0, 0.05) is 27.0 Å². The summed E-state index contributed by atoms with van der Waals surface area (Å²) in [4.78, 5) is 16.8. The molecule has 5 nitrogen and oxygen atoms in total. The number of carbonyl (C=O) groups excluding carboxylic acids is 1. The highest BCUT2D eigenvalue weighted by Gasteiger charge is 2.63. The monoisotopic (exact) mass is 504 g/mol. The van der Waals surface area contributed by atoms with Crippen LogP contribution in [0.25, 0.3) is 0 Å². The molecule has 176 valence electrons. The standard InChI is InChI=1S/C25H20Cl2F2N2O3/c26-17-6-10-19(11-7-17)30-22(15-4-5-15)25(33,16-2-1-3-21(14-16)34-23(28)29)31(24(30)32)20-12-8-18(27)9-13-20/h1-3,6-15,22-23,33H,4-5H2/t22-,25?/m1/s1. The van der Waals surface area contributed by atoms with Crippen molar-refractivity contribution in [3.05, 3.63) is 88.4 Å². The van der Waals surface area contributed by atoms with Gasteiger partial charge in [0.05, 0.1) is 6.04 Å². The van der Waals surface area contributed by atoms with Crippen LogP contribution in [0.3, 0.4) is 0 Å². The minimum Gasteiger partial charge on any atom is -0.435 e. The van der Waals surface area contributed by atoms with E-state index in [0.717, 1.165) is 12.8 Å². The average Bonchev–Trinajstić information content (AvgIpc) is 3.61. The summed E-state index contributed by atoms with van der Waals surface area (Å²) in [7, 11) is 0. The van der Waals surface area contributed by atoms with Gasteiger partial charge in [0.2, 0.25) is 0 Å². The molecule has 2 atom stereocenters. The molecule has 0 spiro atoms. The van der Waals surface area contributed by atoms with Crippen molar-refractivity contribution < 1.29 is 23.4 Å². The Kier molecular flexibility index (Phi) is 5.88. The van der Waals surface area contributed by atoms with Crippen LogP contribution in [0.1, 0.15) is 18.4 Å². The van der Waals surface area contributed by atoms with Crippen molar-refractivity contribution in [1.82, 2.24) is 0 Å². The lowest BCUT2D eigenvalue weighted by molar-refractivity contribution is -0.0503. The smallest absolute Gasteiger partial charge is 0.387 e. The summed E-state index contributed by atoms with van der Waals surface area (Å²) < 4.78 is 30.4. The number of rotatable bonds is 6. The summed E-state index contributed by atoms with van der Waals surface area (Å²) in [5.74, 6) is -0.106. The topological polar surface area (TPSA) is 53.0 Å². The van der Waals surface area contributed by atoms with Crippen LogP contribution >= 0.6 is 23.2 Å². The molecule has 3 aromatic carbocycles. The fourth-order valence-electron chi connectivity index (χ4n) is 4.61. The maximum absolute atomic E-state index is 13.9. The molecule has 0 aromatic heterocycles. The van der Waals surface area contributed by atoms with E-state index in [4.69, 9.17) is 23.2 Å². The molecule has 1 saturated carbocycles. The van der Waals surface area contributed by atoms with Gasteiger partial charge in [-0.2, -0.15) is 8.78 Å². The van der Waals surface area contributed by atoms with E-state index in [1.54, 1.807) is 59.5 Å². The third kappa shape index (κ3) is 3.98. The normalized spacial score (nSPS) is 22.5. The first-order valence-corrected chi connectivity index (χ1v) is 11.5. The van der Waals surface area contributed by atoms with E-state index in [0.29, 0.717) is 21.4 Å². The van der Waals surface area contributed by atoms with Gasteiger partial charge in [0.25, 0.3) is 0 Å². The number of amides is 2. The Hall–Kier alpha value is -2.87. The molecule has 1 aliphatic heterocycles. The highest BCUT2D eigenvalue weighted by atomic mass is 35.5. The molecule has 2 aliphatic rings. The Morgan fingerprint density at radius 1 is 0.941 bits per heavy atom. The molecule has 34 heavy (non-hydrogen) atoms. The number of ether oxygens (including phenoxy) is 1. The number of halogens is 4. The number of urea groups is 1. The molecular formula is C25H20Cl2F2N2O3. The zero-order chi connectivity index (χ0) is 24.0. The van der Waals surface area contributed by atoms with E-state index in [-0.39, 0.29) is 17.2 Å². The minimum absolute atomic E-state index is 0.00148. The van der Waals surface area contributed by atoms with Crippen molar-refractivity contribution in [2.45, 2.75) is 31.2 Å². The molecular weight excluding hydrogens is 485 g/mol. The van der Waals surface area contributed by atoms with Crippen LogP contribution in [-0.2, 0) is 5.72 Å². The second kappa shape index (κ2) is 8.73. The van der Waals surface area contributed by atoms with Crippen molar-refractivity contribution in [2.24, 2.45) is 5.92 Å². The van der Waals surface area contributed by atoms with E-state index in [9.17, 15) is 18.7 Å². The molecule has 1 N–H and O–H groups in total. The SMILES string of the molecule is O=C1N(c2ccc(Cl)cc2)[C@H](C2CC2)C(O)(c2cccc(OC(F)F)c2)N1c1ccc(Cl)cc1. The lowest BCUT2D eigenvalue weighted by Crippen LogP contribution is -2.50. The van der Waals surface area contributed by atoms with E-state index in [2.05, 4.69) is 4.74 Å². The zero-order valence-corrected chi connectivity index (χ0v) is 19.3. The largest absolute Gasteiger partial charge is 0.435 e. The summed E-state index contributed by atoms with van der Waals surface area (Å²) in [5.41, 5.74) is -0.615.